The highest BCUT2D eigenvalue weighted by molar-refractivity contribution is 7.12. The molecule has 1 aromatic heterocycles. The molecule has 0 aliphatic heterocycles. The number of aryl methyl sites for hydroxylation is 2. The van der Waals surface area contributed by atoms with Crippen LogP contribution in [0.4, 0.5) is 13.2 Å². The third-order valence-corrected chi connectivity index (χ3v) is 5.23. The first-order valence-corrected chi connectivity index (χ1v) is 7.21. The zero-order valence-corrected chi connectivity index (χ0v) is 11.4. The molecule has 3 rings (SSSR count). The molecule has 0 N–H and O–H groups in total. The summed E-state index contributed by atoms with van der Waals surface area (Å²) >= 11 is 7.74. The summed E-state index contributed by atoms with van der Waals surface area (Å²) in [6.45, 7) is 0. The lowest BCUT2D eigenvalue weighted by Crippen LogP contribution is -1.98. The van der Waals surface area contributed by atoms with Crippen molar-refractivity contribution in [1.29, 1.82) is 0 Å². The van der Waals surface area contributed by atoms with Crippen LogP contribution in [-0.2, 0) is 12.8 Å². The van der Waals surface area contributed by atoms with Gasteiger partial charge >= 0.3 is 0 Å². The minimum absolute atomic E-state index is 0.0134. The zero-order chi connectivity index (χ0) is 13.6. The second kappa shape index (κ2) is 4.84. The monoisotopic (exact) mass is 302 g/mol. The number of fused-ring (bicyclic) bond motifs is 1. The number of hydrogen-bond acceptors (Lipinski definition) is 1. The Hall–Kier alpha value is -1.00. The van der Waals surface area contributed by atoms with E-state index in [0.29, 0.717) is 6.07 Å². The molecule has 0 fully saturated rings. The summed E-state index contributed by atoms with van der Waals surface area (Å²) in [4.78, 5) is 2.06. The van der Waals surface area contributed by atoms with Crippen LogP contribution in [0.3, 0.4) is 0 Å². The van der Waals surface area contributed by atoms with Crippen molar-refractivity contribution in [1.82, 2.24) is 0 Å². The van der Waals surface area contributed by atoms with E-state index < -0.39 is 22.8 Å². The zero-order valence-electron chi connectivity index (χ0n) is 9.85. The molecular weight excluding hydrogens is 293 g/mol. The third-order valence-electron chi connectivity index (χ3n) is 3.33. The molecule has 1 aliphatic rings. The van der Waals surface area contributed by atoms with Crippen LogP contribution in [0.15, 0.2) is 18.2 Å². The van der Waals surface area contributed by atoms with Gasteiger partial charge in [0.05, 0.1) is 5.38 Å². The highest BCUT2D eigenvalue weighted by Gasteiger charge is 2.23. The average molecular weight is 303 g/mol. The first-order valence-electron chi connectivity index (χ1n) is 5.96. The lowest BCUT2D eigenvalue weighted by molar-refractivity contribution is 0.490. The summed E-state index contributed by atoms with van der Waals surface area (Å²) in [6.07, 6.45) is 3.16. The summed E-state index contributed by atoms with van der Waals surface area (Å²) in [5, 5.41) is -0.773. The Morgan fingerprint density at radius 1 is 1.00 bits per heavy atom. The molecule has 1 aliphatic carbocycles. The van der Waals surface area contributed by atoms with Gasteiger partial charge in [-0.1, -0.05) is 0 Å². The minimum Gasteiger partial charge on any atom is -0.207 e. The molecule has 0 bridgehead atoms. The average Bonchev–Trinajstić information content (AvgIpc) is 2.93. The van der Waals surface area contributed by atoms with E-state index in [0.717, 1.165) is 30.2 Å². The Bertz CT molecular complexity index is 614. The molecule has 0 amide bonds. The van der Waals surface area contributed by atoms with Crippen LogP contribution in [0, 0.1) is 17.5 Å². The molecule has 2 aromatic rings. The maximum atomic E-state index is 13.7. The van der Waals surface area contributed by atoms with Crippen molar-refractivity contribution in [2.75, 3.05) is 0 Å². The molecular formula is C14H10ClF3S. The molecule has 5 heteroatoms. The molecule has 0 saturated heterocycles. The van der Waals surface area contributed by atoms with Crippen molar-refractivity contribution < 1.29 is 13.2 Å². The van der Waals surface area contributed by atoms with Gasteiger partial charge in [0, 0.05) is 21.4 Å². The standard InChI is InChI=1S/C14H10ClF3S/c15-14(8-5-10(17)11(18)6-9(8)16)13-4-7-2-1-3-12(7)19-13/h4-6,14H,1-3H2. The van der Waals surface area contributed by atoms with Crippen molar-refractivity contribution in [2.45, 2.75) is 24.6 Å². The second-order valence-electron chi connectivity index (χ2n) is 4.60. The highest BCUT2D eigenvalue weighted by Crippen LogP contribution is 2.40. The van der Waals surface area contributed by atoms with Crippen molar-refractivity contribution in [3.05, 3.63) is 56.5 Å². The first kappa shape index (κ1) is 13.0. The Balaban J connectivity index is 1.99. The second-order valence-corrected chi connectivity index (χ2v) is 6.21. The van der Waals surface area contributed by atoms with Crippen molar-refractivity contribution in [3.8, 4) is 0 Å². The number of alkyl halides is 1. The predicted molar refractivity (Wildman–Crippen MR) is 70.4 cm³/mol. The molecule has 0 saturated carbocycles. The number of thiophene rings is 1. The summed E-state index contributed by atoms with van der Waals surface area (Å²) in [6, 6.07) is 3.33. The van der Waals surface area contributed by atoms with Gasteiger partial charge in [-0.2, -0.15) is 0 Å². The SMILES string of the molecule is Fc1cc(F)c(C(Cl)c2cc3c(s2)CCC3)cc1F. The summed E-state index contributed by atoms with van der Waals surface area (Å²) in [7, 11) is 0. The Morgan fingerprint density at radius 3 is 2.47 bits per heavy atom. The number of halogens is 4. The first-order chi connectivity index (χ1) is 9.06. The Kier molecular flexibility index (Phi) is 3.31. The fraction of sp³-hybridized carbons (Fsp3) is 0.286. The third kappa shape index (κ3) is 2.28. The van der Waals surface area contributed by atoms with Gasteiger partial charge in [-0.25, -0.2) is 13.2 Å². The largest absolute Gasteiger partial charge is 0.207 e. The minimum atomic E-state index is -1.20. The Labute approximate surface area is 117 Å². The van der Waals surface area contributed by atoms with Crippen LogP contribution in [-0.4, -0.2) is 0 Å². The van der Waals surface area contributed by atoms with E-state index in [4.69, 9.17) is 11.6 Å². The molecule has 0 nitrogen and oxygen atoms in total. The van der Waals surface area contributed by atoms with Gasteiger partial charge in [0.15, 0.2) is 11.6 Å². The number of hydrogen-bond donors (Lipinski definition) is 0. The van der Waals surface area contributed by atoms with E-state index in [1.807, 2.05) is 6.07 Å². The molecule has 19 heavy (non-hydrogen) atoms. The van der Waals surface area contributed by atoms with Crippen molar-refractivity contribution in [2.24, 2.45) is 0 Å². The fourth-order valence-corrected chi connectivity index (χ4v) is 3.98. The highest BCUT2D eigenvalue weighted by atomic mass is 35.5. The Morgan fingerprint density at radius 2 is 1.74 bits per heavy atom. The summed E-state index contributed by atoms with van der Waals surface area (Å²) in [5.74, 6) is -3.09. The van der Waals surface area contributed by atoms with Gasteiger partial charge in [0.1, 0.15) is 5.82 Å². The maximum absolute atomic E-state index is 13.7. The number of benzene rings is 1. The molecule has 0 radical (unpaired) electrons. The van der Waals surface area contributed by atoms with Gasteiger partial charge in [-0.05, 0) is 37.0 Å². The number of rotatable bonds is 2. The summed E-state index contributed by atoms with van der Waals surface area (Å²) < 4.78 is 39.8. The normalized spacial score (nSPS) is 15.6. The van der Waals surface area contributed by atoms with E-state index in [2.05, 4.69) is 0 Å². The van der Waals surface area contributed by atoms with Crippen LogP contribution in [0.5, 0.6) is 0 Å². The predicted octanol–water partition coefficient (Wildman–Crippen LogP) is 4.98. The quantitative estimate of drug-likeness (QED) is 0.542. The molecule has 100 valence electrons. The molecule has 1 atom stereocenters. The van der Waals surface area contributed by atoms with Crippen LogP contribution in [0.2, 0.25) is 0 Å². The van der Waals surface area contributed by atoms with E-state index in [9.17, 15) is 13.2 Å². The fourth-order valence-electron chi connectivity index (χ4n) is 2.36. The molecule has 1 heterocycles. The van der Waals surface area contributed by atoms with E-state index in [1.54, 1.807) is 0 Å². The van der Waals surface area contributed by atoms with E-state index in [-0.39, 0.29) is 5.56 Å². The van der Waals surface area contributed by atoms with Gasteiger partial charge in [-0.3, -0.25) is 0 Å². The van der Waals surface area contributed by atoms with E-state index >= 15 is 0 Å². The topological polar surface area (TPSA) is 0 Å². The van der Waals surface area contributed by atoms with Gasteiger partial charge < -0.3 is 0 Å². The molecule has 0 spiro atoms. The lowest BCUT2D eigenvalue weighted by atomic mass is 10.1. The van der Waals surface area contributed by atoms with Crippen LogP contribution >= 0.6 is 22.9 Å². The summed E-state index contributed by atoms with van der Waals surface area (Å²) in [5.41, 5.74) is 1.23. The van der Waals surface area contributed by atoms with Crippen molar-refractivity contribution >= 4 is 22.9 Å². The van der Waals surface area contributed by atoms with Crippen LogP contribution in [0.1, 0.15) is 32.7 Å². The smallest absolute Gasteiger partial charge is 0.161 e. The molecule has 1 aromatic carbocycles. The van der Waals surface area contributed by atoms with Gasteiger partial charge in [-0.15, -0.1) is 22.9 Å². The lowest BCUT2D eigenvalue weighted by Gasteiger charge is -2.09. The van der Waals surface area contributed by atoms with Gasteiger partial charge in [0.25, 0.3) is 0 Å². The van der Waals surface area contributed by atoms with Crippen molar-refractivity contribution in [3.63, 3.8) is 0 Å². The van der Waals surface area contributed by atoms with Gasteiger partial charge in [0.2, 0.25) is 0 Å². The van der Waals surface area contributed by atoms with Crippen LogP contribution < -0.4 is 0 Å². The maximum Gasteiger partial charge on any atom is 0.161 e. The molecule has 1 unspecified atom stereocenters. The van der Waals surface area contributed by atoms with E-state index in [1.165, 1.54) is 21.8 Å². The van der Waals surface area contributed by atoms with Crippen LogP contribution in [0.25, 0.3) is 0 Å².